The minimum Gasteiger partial charge on any atom is -0.505 e. The summed E-state index contributed by atoms with van der Waals surface area (Å²) in [6, 6.07) is 1.39. The first-order valence-corrected chi connectivity index (χ1v) is 5.10. The van der Waals surface area contributed by atoms with Gasteiger partial charge in [-0.1, -0.05) is 0 Å². The van der Waals surface area contributed by atoms with Crippen LogP contribution in [0.5, 0.6) is 5.75 Å². The lowest BCUT2D eigenvalue weighted by atomic mass is 10.2. The van der Waals surface area contributed by atoms with Crippen LogP contribution in [0.15, 0.2) is 18.5 Å². The van der Waals surface area contributed by atoms with E-state index in [4.69, 9.17) is 4.74 Å². The molecule has 17 heavy (non-hydrogen) atoms. The third kappa shape index (κ3) is 3.44. The molecule has 1 heterocycles. The highest BCUT2D eigenvalue weighted by atomic mass is 16.5. The van der Waals surface area contributed by atoms with Gasteiger partial charge in [-0.25, -0.2) is 0 Å². The second-order valence-corrected chi connectivity index (χ2v) is 3.36. The Hall–Kier alpha value is -2.11. The summed E-state index contributed by atoms with van der Waals surface area (Å²) in [5, 5.41) is 9.44. The van der Waals surface area contributed by atoms with Crippen molar-refractivity contribution in [2.24, 2.45) is 0 Å². The number of carbonyl (C=O) groups excluding carboxylic acids is 2. The van der Waals surface area contributed by atoms with Gasteiger partial charge in [-0.15, -0.1) is 0 Å². The van der Waals surface area contributed by atoms with Crippen LogP contribution in [-0.4, -0.2) is 47.1 Å². The highest BCUT2D eigenvalue weighted by Crippen LogP contribution is 2.15. The van der Waals surface area contributed by atoms with Crippen LogP contribution in [-0.2, 0) is 9.53 Å². The molecule has 6 nitrogen and oxygen atoms in total. The summed E-state index contributed by atoms with van der Waals surface area (Å²) in [6.45, 7) is 1.80. The van der Waals surface area contributed by atoms with Crippen molar-refractivity contribution in [1.82, 2.24) is 9.88 Å². The Kier molecular flexibility index (Phi) is 4.45. The fourth-order valence-electron chi connectivity index (χ4n) is 1.24. The molecule has 0 bridgehead atoms. The van der Waals surface area contributed by atoms with Crippen molar-refractivity contribution < 1.29 is 19.4 Å². The monoisotopic (exact) mass is 238 g/mol. The van der Waals surface area contributed by atoms with E-state index in [1.165, 1.54) is 30.4 Å². The van der Waals surface area contributed by atoms with Gasteiger partial charge in [0.25, 0.3) is 5.91 Å². The molecule has 0 radical (unpaired) electrons. The fourth-order valence-corrected chi connectivity index (χ4v) is 1.24. The SMILES string of the molecule is CCOC(=O)CN(C)C(=O)c1ccncc1O. The van der Waals surface area contributed by atoms with Crippen LogP contribution >= 0.6 is 0 Å². The summed E-state index contributed by atoms with van der Waals surface area (Å²) in [6.07, 6.45) is 2.57. The van der Waals surface area contributed by atoms with Gasteiger partial charge in [0, 0.05) is 13.2 Å². The van der Waals surface area contributed by atoms with Crippen LogP contribution in [0.4, 0.5) is 0 Å². The van der Waals surface area contributed by atoms with Crippen molar-refractivity contribution in [3.05, 3.63) is 24.0 Å². The summed E-state index contributed by atoms with van der Waals surface area (Å²) in [5.74, 6) is -1.16. The predicted molar refractivity (Wildman–Crippen MR) is 59.5 cm³/mol. The zero-order valence-corrected chi connectivity index (χ0v) is 9.71. The molecule has 0 saturated heterocycles. The van der Waals surface area contributed by atoms with Crippen LogP contribution in [0.2, 0.25) is 0 Å². The van der Waals surface area contributed by atoms with Crippen molar-refractivity contribution in [2.75, 3.05) is 20.2 Å². The van der Waals surface area contributed by atoms with Crippen LogP contribution < -0.4 is 0 Å². The molecule has 0 unspecified atom stereocenters. The number of rotatable bonds is 4. The van der Waals surface area contributed by atoms with Gasteiger partial charge in [-0.3, -0.25) is 14.6 Å². The first kappa shape index (κ1) is 13.0. The molecule has 1 N–H and O–H groups in total. The zero-order chi connectivity index (χ0) is 12.8. The second-order valence-electron chi connectivity index (χ2n) is 3.36. The summed E-state index contributed by atoms with van der Waals surface area (Å²) >= 11 is 0. The Balaban J connectivity index is 2.70. The van der Waals surface area contributed by atoms with E-state index in [1.807, 2.05) is 0 Å². The Morgan fingerprint density at radius 3 is 2.82 bits per heavy atom. The van der Waals surface area contributed by atoms with Gasteiger partial charge in [-0.2, -0.15) is 0 Å². The van der Waals surface area contributed by atoms with Crippen molar-refractivity contribution in [2.45, 2.75) is 6.92 Å². The lowest BCUT2D eigenvalue weighted by Crippen LogP contribution is -2.33. The van der Waals surface area contributed by atoms with Crippen molar-refractivity contribution in [3.8, 4) is 5.75 Å². The lowest BCUT2D eigenvalue weighted by Gasteiger charge is -2.16. The molecule has 0 aliphatic rings. The Morgan fingerprint density at radius 1 is 1.53 bits per heavy atom. The number of aromatic nitrogens is 1. The normalized spacial score (nSPS) is 9.76. The molecule has 6 heteroatoms. The number of hydrogen-bond acceptors (Lipinski definition) is 5. The average molecular weight is 238 g/mol. The minimum absolute atomic E-state index is 0.104. The molecule has 0 atom stereocenters. The third-order valence-corrected chi connectivity index (χ3v) is 2.05. The fraction of sp³-hybridized carbons (Fsp3) is 0.364. The van der Waals surface area contributed by atoms with E-state index in [2.05, 4.69) is 4.98 Å². The number of nitrogens with zero attached hydrogens (tertiary/aromatic N) is 2. The number of amides is 1. The number of carbonyl (C=O) groups is 2. The van der Waals surface area contributed by atoms with E-state index in [9.17, 15) is 14.7 Å². The maximum absolute atomic E-state index is 11.8. The molecule has 1 amide bonds. The number of likely N-dealkylation sites (N-methyl/N-ethyl adjacent to an activating group) is 1. The van der Waals surface area contributed by atoms with Gasteiger partial charge in [0.05, 0.1) is 18.4 Å². The van der Waals surface area contributed by atoms with Crippen molar-refractivity contribution in [1.29, 1.82) is 0 Å². The highest BCUT2D eigenvalue weighted by Gasteiger charge is 2.18. The molecule has 0 aliphatic carbocycles. The van der Waals surface area contributed by atoms with Gasteiger partial charge >= 0.3 is 5.97 Å². The molecule has 0 fully saturated rings. The Bertz CT molecular complexity index is 420. The molecule has 0 spiro atoms. The van der Waals surface area contributed by atoms with E-state index in [0.29, 0.717) is 0 Å². The maximum Gasteiger partial charge on any atom is 0.325 e. The molecule has 92 valence electrons. The van der Waals surface area contributed by atoms with Gasteiger partial charge in [0.15, 0.2) is 0 Å². The Labute approximate surface area is 98.8 Å². The van der Waals surface area contributed by atoms with E-state index in [-0.39, 0.29) is 24.5 Å². The largest absolute Gasteiger partial charge is 0.505 e. The zero-order valence-electron chi connectivity index (χ0n) is 9.71. The molecule has 1 rings (SSSR count). The van der Waals surface area contributed by atoms with Crippen LogP contribution in [0.3, 0.4) is 0 Å². The lowest BCUT2D eigenvalue weighted by molar-refractivity contribution is -0.143. The van der Waals surface area contributed by atoms with Gasteiger partial charge < -0.3 is 14.7 Å². The summed E-state index contributed by atoms with van der Waals surface area (Å²) in [4.78, 5) is 27.9. The van der Waals surface area contributed by atoms with E-state index in [0.717, 1.165) is 0 Å². The number of aromatic hydroxyl groups is 1. The number of esters is 1. The van der Waals surface area contributed by atoms with Gasteiger partial charge in [0.2, 0.25) is 0 Å². The van der Waals surface area contributed by atoms with Gasteiger partial charge in [0.1, 0.15) is 12.3 Å². The van der Waals surface area contributed by atoms with Gasteiger partial charge in [-0.05, 0) is 13.0 Å². The molecule has 1 aromatic heterocycles. The molecule has 0 saturated carbocycles. The summed E-state index contributed by atoms with van der Waals surface area (Å²) in [5.41, 5.74) is 0.104. The van der Waals surface area contributed by atoms with Crippen molar-refractivity contribution >= 4 is 11.9 Å². The average Bonchev–Trinajstić information content (AvgIpc) is 2.29. The van der Waals surface area contributed by atoms with Crippen molar-refractivity contribution in [3.63, 3.8) is 0 Å². The molecular formula is C11H14N2O4. The molecule has 1 aromatic rings. The summed E-state index contributed by atoms with van der Waals surface area (Å²) in [7, 11) is 1.46. The van der Waals surface area contributed by atoms with E-state index < -0.39 is 11.9 Å². The summed E-state index contributed by atoms with van der Waals surface area (Å²) < 4.78 is 4.72. The van der Waals surface area contributed by atoms with Crippen LogP contribution in [0.1, 0.15) is 17.3 Å². The number of pyridine rings is 1. The first-order valence-electron chi connectivity index (χ1n) is 5.10. The number of hydrogen-bond donors (Lipinski definition) is 1. The predicted octanol–water partition coefficient (Wildman–Crippen LogP) is 0.422. The molecular weight excluding hydrogens is 224 g/mol. The second kappa shape index (κ2) is 5.83. The topological polar surface area (TPSA) is 79.7 Å². The first-order chi connectivity index (χ1) is 8.06. The quantitative estimate of drug-likeness (QED) is 0.769. The minimum atomic E-state index is -0.489. The highest BCUT2D eigenvalue weighted by molar-refractivity contribution is 5.97. The number of ether oxygens (including phenoxy) is 1. The standard InChI is InChI=1S/C11H14N2O4/c1-3-17-10(15)7-13(2)11(16)8-4-5-12-6-9(8)14/h4-6,14H,3,7H2,1-2H3. The smallest absolute Gasteiger partial charge is 0.325 e. The third-order valence-electron chi connectivity index (χ3n) is 2.05. The maximum atomic E-state index is 11.8. The molecule has 0 aromatic carbocycles. The van der Waals surface area contributed by atoms with E-state index in [1.54, 1.807) is 6.92 Å². The Morgan fingerprint density at radius 2 is 2.24 bits per heavy atom. The van der Waals surface area contributed by atoms with Crippen LogP contribution in [0.25, 0.3) is 0 Å². The van der Waals surface area contributed by atoms with E-state index >= 15 is 0 Å². The molecule has 0 aliphatic heterocycles. The van der Waals surface area contributed by atoms with Crippen LogP contribution in [0, 0.1) is 0 Å².